The van der Waals surface area contributed by atoms with E-state index in [9.17, 15) is 0 Å². The molecule has 0 spiro atoms. The molecule has 1 heterocycles. The quantitative estimate of drug-likeness (QED) is 0.763. The number of nitrogens with two attached hydrogens (primary N) is 1. The second-order valence-corrected chi connectivity index (χ2v) is 4.67. The smallest absolute Gasteiger partial charge is 0.324 e. The van der Waals surface area contributed by atoms with Crippen LogP contribution in [0.15, 0.2) is 0 Å². The molecule has 0 aliphatic heterocycles. The first kappa shape index (κ1) is 15.4. The van der Waals surface area contributed by atoms with Crippen LogP contribution < -0.4 is 15.2 Å². The standard InChI is InChI=1S/C12H22N4O3/c1-5-7-18-10-14-9(13)15-11(16-10)19-8-6-12(2,3)17-4/h5-8H2,1-4H3,(H2,13,14,15,16). The molecule has 1 aromatic rings. The molecular formula is C12H22N4O3. The Bertz CT molecular complexity index is 399. The van der Waals surface area contributed by atoms with Crippen LogP contribution in [0.25, 0.3) is 0 Å². The molecule has 0 unspecified atom stereocenters. The molecule has 1 rings (SSSR count). The van der Waals surface area contributed by atoms with Crippen LogP contribution in [0.2, 0.25) is 0 Å². The topological polar surface area (TPSA) is 92.4 Å². The first-order valence-electron chi connectivity index (χ1n) is 6.29. The number of anilines is 1. The number of aromatic nitrogens is 3. The Morgan fingerprint density at radius 1 is 1.05 bits per heavy atom. The van der Waals surface area contributed by atoms with Gasteiger partial charge in [0.2, 0.25) is 5.95 Å². The molecule has 19 heavy (non-hydrogen) atoms. The average molecular weight is 270 g/mol. The van der Waals surface area contributed by atoms with Crippen molar-refractivity contribution in [3.8, 4) is 12.0 Å². The molecule has 0 saturated carbocycles. The minimum atomic E-state index is -0.250. The van der Waals surface area contributed by atoms with Crippen molar-refractivity contribution >= 4 is 5.95 Å². The van der Waals surface area contributed by atoms with Crippen molar-refractivity contribution in [1.82, 2.24) is 15.0 Å². The summed E-state index contributed by atoms with van der Waals surface area (Å²) in [4.78, 5) is 11.8. The largest absolute Gasteiger partial charge is 0.463 e. The van der Waals surface area contributed by atoms with Crippen molar-refractivity contribution in [1.29, 1.82) is 0 Å². The molecule has 0 aromatic carbocycles. The highest BCUT2D eigenvalue weighted by atomic mass is 16.5. The highest BCUT2D eigenvalue weighted by molar-refractivity contribution is 5.20. The Balaban J connectivity index is 2.55. The molecule has 7 nitrogen and oxygen atoms in total. The van der Waals surface area contributed by atoms with E-state index in [1.54, 1.807) is 7.11 Å². The minimum absolute atomic E-state index is 0.0853. The van der Waals surface area contributed by atoms with Gasteiger partial charge >= 0.3 is 12.0 Å². The molecule has 0 aliphatic carbocycles. The number of nitrogens with zero attached hydrogens (tertiary/aromatic N) is 3. The van der Waals surface area contributed by atoms with Gasteiger partial charge < -0.3 is 19.9 Å². The van der Waals surface area contributed by atoms with Crippen molar-refractivity contribution in [3.63, 3.8) is 0 Å². The molecule has 0 aliphatic rings. The van der Waals surface area contributed by atoms with Crippen molar-refractivity contribution in [2.45, 2.75) is 39.2 Å². The molecule has 0 bridgehead atoms. The highest BCUT2D eigenvalue weighted by Crippen LogP contribution is 2.15. The second kappa shape index (κ2) is 7.08. The number of rotatable bonds is 8. The Kier molecular flexibility index (Phi) is 5.75. The fourth-order valence-corrected chi connectivity index (χ4v) is 1.17. The van der Waals surface area contributed by atoms with Gasteiger partial charge in [-0.2, -0.15) is 9.97 Å². The van der Waals surface area contributed by atoms with Gasteiger partial charge in [-0.15, -0.1) is 4.98 Å². The SMILES string of the molecule is CCCOc1nc(N)nc(OCCC(C)(C)OC)n1. The molecule has 0 saturated heterocycles. The third kappa shape index (κ3) is 5.69. The summed E-state index contributed by atoms with van der Waals surface area (Å²) < 4.78 is 16.0. The Morgan fingerprint density at radius 2 is 1.63 bits per heavy atom. The van der Waals surface area contributed by atoms with E-state index < -0.39 is 0 Å². The predicted molar refractivity (Wildman–Crippen MR) is 71.2 cm³/mol. The number of hydrogen-bond donors (Lipinski definition) is 1. The summed E-state index contributed by atoms with van der Waals surface area (Å²) in [5.74, 6) is 0.0853. The maximum Gasteiger partial charge on any atom is 0.324 e. The molecule has 0 amide bonds. The van der Waals surface area contributed by atoms with Gasteiger partial charge in [0, 0.05) is 13.5 Å². The van der Waals surface area contributed by atoms with Crippen LogP contribution in [-0.4, -0.2) is 40.9 Å². The normalized spacial score (nSPS) is 11.4. The van der Waals surface area contributed by atoms with Gasteiger partial charge in [-0.05, 0) is 20.3 Å². The number of methoxy groups -OCH3 is 1. The molecule has 0 radical (unpaired) electrons. The fourth-order valence-electron chi connectivity index (χ4n) is 1.17. The van der Waals surface area contributed by atoms with E-state index in [-0.39, 0.29) is 23.6 Å². The fraction of sp³-hybridized carbons (Fsp3) is 0.750. The van der Waals surface area contributed by atoms with Gasteiger partial charge in [0.05, 0.1) is 18.8 Å². The maximum atomic E-state index is 5.57. The van der Waals surface area contributed by atoms with Crippen LogP contribution in [0.4, 0.5) is 5.95 Å². The lowest BCUT2D eigenvalue weighted by Gasteiger charge is -2.22. The molecular weight excluding hydrogens is 248 g/mol. The summed E-state index contributed by atoms with van der Waals surface area (Å²) in [7, 11) is 1.66. The van der Waals surface area contributed by atoms with E-state index in [0.29, 0.717) is 19.6 Å². The summed E-state index contributed by atoms with van der Waals surface area (Å²) in [6, 6.07) is 0.362. The molecule has 0 atom stereocenters. The third-order valence-electron chi connectivity index (χ3n) is 2.53. The molecule has 108 valence electrons. The monoisotopic (exact) mass is 270 g/mol. The van der Waals surface area contributed by atoms with Crippen LogP contribution in [-0.2, 0) is 4.74 Å². The van der Waals surface area contributed by atoms with Gasteiger partial charge in [-0.3, -0.25) is 0 Å². The third-order valence-corrected chi connectivity index (χ3v) is 2.53. The first-order valence-corrected chi connectivity index (χ1v) is 6.29. The van der Waals surface area contributed by atoms with Gasteiger partial charge in [0.1, 0.15) is 0 Å². The summed E-state index contributed by atoms with van der Waals surface area (Å²) in [6.07, 6.45) is 1.57. The zero-order valence-electron chi connectivity index (χ0n) is 12.0. The van der Waals surface area contributed by atoms with E-state index >= 15 is 0 Å². The van der Waals surface area contributed by atoms with Crippen molar-refractivity contribution in [3.05, 3.63) is 0 Å². The molecule has 2 N–H and O–H groups in total. The van der Waals surface area contributed by atoms with E-state index in [2.05, 4.69) is 15.0 Å². The van der Waals surface area contributed by atoms with Crippen LogP contribution in [0, 0.1) is 0 Å². The number of ether oxygens (including phenoxy) is 3. The summed E-state index contributed by atoms with van der Waals surface area (Å²) in [5, 5.41) is 0. The van der Waals surface area contributed by atoms with Crippen LogP contribution in [0.5, 0.6) is 12.0 Å². The van der Waals surface area contributed by atoms with E-state index in [4.69, 9.17) is 19.9 Å². The zero-order chi connectivity index (χ0) is 14.3. The molecule has 7 heteroatoms. The zero-order valence-corrected chi connectivity index (χ0v) is 12.0. The molecule has 0 fully saturated rings. The van der Waals surface area contributed by atoms with E-state index in [1.807, 2.05) is 20.8 Å². The van der Waals surface area contributed by atoms with Crippen molar-refractivity contribution < 1.29 is 14.2 Å². The van der Waals surface area contributed by atoms with Crippen molar-refractivity contribution in [2.24, 2.45) is 0 Å². The van der Waals surface area contributed by atoms with Gasteiger partial charge in [-0.25, -0.2) is 0 Å². The Morgan fingerprint density at radius 3 is 2.16 bits per heavy atom. The minimum Gasteiger partial charge on any atom is -0.463 e. The van der Waals surface area contributed by atoms with E-state index in [1.165, 1.54) is 0 Å². The Hall–Kier alpha value is -1.63. The lowest BCUT2D eigenvalue weighted by Crippen LogP contribution is -2.25. The number of hydrogen-bond acceptors (Lipinski definition) is 7. The van der Waals surface area contributed by atoms with Crippen molar-refractivity contribution in [2.75, 3.05) is 26.1 Å². The van der Waals surface area contributed by atoms with Gasteiger partial charge in [0.15, 0.2) is 0 Å². The lowest BCUT2D eigenvalue weighted by molar-refractivity contribution is 0.00461. The van der Waals surface area contributed by atoms with Crippen LogP contribution in [0.1, 0.15) is 33.6 Å². The van der Waals surface area contributed by atoms with Gasteiger partial charge in [-0.1, -0.05) is 6.92 Å². The predicted octanol–water partition coefficient (Wildman–Crippen LogP) is 1.44. The maximum absolute atomic E-state index is 5.57. The van der Waals surface area contributed by atoms with Crippen LogP contribution in [0.3, 0.4) is 0 Å². The highest BCUT2D eigenvalue weighted by Gasteiger charge is 2.16. The number of nitrogen functional groups attached to an aromatic ring is 1. The van der Waals surface area contributed by atoms with E-state index in [0.717, 1.165) is 6.42 Å². The average Bonchev–Trinajstić information content (AvgIpc) is 2.35. The Labute approximate surface area is 113 Å². The summed E-state index contributed by atoms with van der Waals surface area (Å²) in [6.45, 7) is 6.91. The molecule has 1 aromatic heterocycles. The summed E-state index contributed by atoms with van der Waals surface area (Å²) in [5.41, 5.74) is 5.32. The van der Waals surface area contributed by atoms with Gasteiger partial charge in [0.25, 0.3) is 0 Å². The lowest BCUT2D eigenvalue weighted by atomic mass is 10.1. The first-order chi connectivity index (χ1) is 8.96. The second-order valence-electron chi connectivity index (χ2n) is 4.67. The van der Waals surface area contributed by atoms with Crippen LogP contribution >= 0.6 is 0 Å². The summed E-state index contributed by atoms with van der Waals surface area (Å²) >= 11 is 0.